The van der Waals surface area contributed by atoms with Crippen LogP contribution in [0, 0.1) is 25.5 Å². The lowest BCUT2D eigenvalue weighted by Crippen LogP contribution is -2.07. The molecule has 0 amide bonds. The van der Waals surface area contributed by atoms with E-state index in [0.29, 0.717) is 46.1 Å². The van der Waals surface area contributed by atoms with E-state index in [1.165, 1.54) is 50.6 Å². The van der Waals surface area contributed by atoms with Crippen molar-refractivity contribution >= 4 is 11.6 Å². The van der Waals surface area contributed by atoms with Gasteiger partial charge in [0.15, 0.2) is 11.6 Å². The summed E-state index contributed by atoms with van der Waals surface area (Å²) in [6, 6.07) is 52.9. The van der Waals surface area contributed by atoms with Crippen LogP contribution in [0.5, 0.6) is 17.2 Å². The lowest BCUT2D eigenvalue weighted by Gasteiger charge is -2.13. The summed E-state index contributed by atoms with van der Waals surface area (Å²) in [5.41, 5.74) is 12.5. The topological polar surface area (TPSA) is 27.7 Å². The maximum absolute atomic E-state index is 13.5. The van der Waals surface area contributed by atoms with Crippen LogP contribution >= 0.6 is 11.6 Å². The molecule has 0 atom stereocenters. The second-order valence-corrected chi connectivity index (χ2v) is 22.7. The van der Waals surface area contributed by atoms with Crippen molar-refractivity contribution in [2.24, 2.45) is 0 Å². The second kappa shape index (κ2) is 34.8. The molecule has 0 aromatic heterocycles. The van der Waals surface area contributed by atoms with Crippen LogP contribution in [-0.4, -0.2) is 18.3 Å². The molecule has 6 heteroatoms. The minimum absolute atomic E-state index is 0.00870. The number of halogens is 3. The maximum Gasteiger partial charge on any atom is 0.165 e. The average Bonchev–Trinajstić information content (AvgIpc) is 3.36. The first-order chi connectivity index (χ1) is 36.2. The van der Waals surface area contributed by atoms with Gasteiger partial charge < -0.3 is 14.2 Å². The highest BCUT2D eigenvalue weighted by Gasteiger charge is 2.11. The molecule has 7 aromatic rings. The van der Waals surface area contributed by atoms with Gasteiger partial charge in [-0.15, -0.1) is 0 Å². The van der Waals surface area contributed by atoms with Gasteiger partial charge in [0.05, 0.1) is 23.3 Å². The molecule has 0 spiro atoms. The third kappa shape index (κ3) is 26.3. The fraction of sp³-hybridized carbons (Fsp3) is 0.408. The maximum atomic E-state index is 13.5. The van der Waals surface area contributed by atoms with Gasteiger partial charge in [-0.1, -0.05) is 227 Å². The van der Waals surface area contributed by atoms with Gasteiger partial charge in [0, 0.05) is 6.07 Å². The fourth-order valence-electron chi connectivity index (χ4n) is 7.37. The fourth-order valence-corrected chi connectivity index (χ4v) is 7.60. The van der Waals surface area contributed by atoms with Crippen LogP contribution in [-0.2, 0) is 0 Å². The van der Waals surface area contributed by atoms with Gasteiger partial charge in [-0.2, -0.15) is 0 Å². The van der Waals surface area contributed by atoms with E-state index in [9.17, 15) is 8.78 Å². The summed E-state index contributed by atoms with van der Waals surface area (Å²) in [5, 5.41) is 0.699. The zero-order valence-corrected chi connectivity index (χ0v) is 51.3. The first kappa shape index (κ1) is 67.2. The highest BCUT2D eigenvalue weighted by Crippen LogP contribution is 2.30. The minimum Gasteiger partial charge on any atom is -0.491 e. The van der Waals surface area contributed by atoms with Crippen molar-refractivity contribution in [1.29, 1.82) is 0 Å². The van der Waals surface area contributed by atoms with Crippen molar-refractivity contribution in [3.8, 4) is 28.4 Å². The van der Waals surface area contributed by atoms with Crippen LogP contribution in [0.4, 0.5) is 8.78 Å². The normalized spacial score (nSPS) is 10.8. The summed E-state index contributed by atoms with van der Waals surface area (Å²) in [4.78, 5) is 0. The highest BCUT2D eigenvalue weighted by atomic mass is 35.5. The molecular formula is C71H95ClF2O3. The summed E-state index contributed by atoms with van der Waals surface area (Å²) in [6.45, 7) is 41.4. The van der Waals surface area contributed by atoms with Crippen molar-refractivity contribution in [1.82, 2.24) is 0 Å². The van der Waals surface area contributed by atoms with Crippen LogP contribution < -0.4 is 14.2 Å². The second-order valence-electron chi connectivity index (χ2n) is 22.3. The van der Waals surface area contributed by atoms with Gasteiger partial charge in [-0.05, 0) is 166 Å². The molecule has 0 saturated carbocycles. The van der Waals surface area contributed by atoms with Crippen LogP contribution in [0.1, 0.15) is 205 Å². The Kier molecular flexibility index (Phi) is 30.3. The zero-order chi connectivity index (χ0) is 57.9. The van der Waals surface area contributed by atoms with Gasteiger partial charge in [0.25, 0.3) is 0 Å². The van der Waals surface area contributed by atoms with Crippen LogP contribution in [0.2, 0.25) is 5.02 Å². The number of aryl methyl sites for hydroxylation is 2. The molecule has 0 aliphatic heterocycles. The van der Waals surface area contributed by atoms with Crippen molar-refractivity contribution < 1.29 is 23.0 Å². The summed E-state index contributed by atoms with van der Waals surface area (Å²) in [7, 11) is 0. The summed E-state index contributed by atoms with van der Waals surface area (Å²) >= 11 is 6.09. The number of benzene rings is 7. The monoisotopic (exact) mass is 1070 g/mol. The third-order valence-electron chi connectivity index (χ3n) is 12.1. The van der Waals surface area contributed by atoms with Crippen LogP contribution in [0.3, 0.4) is 0 Å². The van der Waals surface area contributed by atoms with Crippen molar-refractivity contribution in [3.63, 3.8) is 0 Å². The van der Waals surface area contributed by atoms with E-state index in [1.54, 1.807) is 18.2 Å². The van der Waals surface area contributed by atoms with E-state index in [1.807, 2.05) is 99.6 Å². The van der Waals surface area contributed by atoms with Crippen molar-refractivity contribution in [3.05, 3.63) is 219 Å². The molecule has 77 heavy (non-hydrogen) atoms. The number of hydrogen-bond acceptors (Lipinski definition) is 3. The van der Waals surface area contributed by atoms with E-state index in [2.05, 4.69) is 172 Å². The predicted molar refractivity (Wildman–Crippen MR) is 330 cm³/mol. The summed E-state index contributed by atoms with van der Waals surface area (Å²) in [6.07, 6.45) is 0.256. The largest absolute Gasteiger partial charge is 0.491 e. The molecule has 418 valence electrons. The summed E-state index contributed by atoms with van der Waals surface area (Å²) in [5.74, 6) is 4.22. The van der Waals surface area contributed by atoms with Crippen LogP contribution in [0.25, 0.3) is 11.1 Å². The SMILES string of the molecule is CC(C)Oc1ccc(C(C)C)c(F)c1.CC(C)Oc1ccc(C(C)C)cc1Cl.CC(C)Oc1ccc(C(C)C)cc1F.CC(C)c1ccc(-c2ccccc2)cc1.Cc1ccc(C(C)C)cc1.Cc1ccc(C(C)C)cc1. The molecule has 3 nitrogen and oxygen atoms in total. The molecular weight excluding hydrogens is 974 g/mol. The van der Waals surface area contributed by atoms with Gasteiger partial charge in [-0.3, -0.25) is 0 Å². The highest BCUT2D eigenvalue weighted by molar-refractivity contribution is 6.32. The van der Waals surface area contributed by atoms with E-state index < -0.39 is 0 Å². The molecule has 7 aromatic carbocycles. The quantitative estimate of drug-likeness (QED) is 0.115. The van der Waals surface area contributed by atoms with Gasteiger partial charge in [-0.25, -0.2) is 8.78 Å². The lowest BCUT2D eigenvalue weighted by molar-refractivity contribution is 0.231. The van der Waals surface area contributed by atoms with Gasteiger partial charge >= 0.3 is 0 Å². The Bertz CT molecular complexity index is 2570. The Hall–Kier alpha value is -5.91. The van der Waals surface area contributed by atoms with Gasteiger partial charge in [0.1, 0.15) is 17.3 Å². The predicted octanol–water partition coefficient (Wildman–Crippen LogP) is 22.4. The molecule has 0 N–H and O–H groups in total. The Labute approximate surface area is 471 Å². The molecule has 0 aliphatic carbocycles. The van der Waals surface area contributed by atoms with E-state index in [4.69, 9.17) is 25.8 Å². The summed E-state index contributed by atoms with van der Waals surface area (Å²) < 4.78 is 43.2. The molecule has 0 aliphatic rings. The Morgan fingerprint density at radius 3 is 1.05 bits per heavy atom. The van der Waals surface area contributed by atoms with Crippen LogP contribution in [0.15, 0.2) is 158 Å². The Morgan fingerprint density at radius 2 is 0.688 bits per heavy atom. The molecule has 0 bridgehead atoms. The zero-order valence-electron chi connectivity index (χ0n) is 50.6. The average molecular weight is 1070 g/mol. The lowest BCUT2D eigenvalue weighted by atomic mass is 9.99. The first-order valence-corrected chi connectivity index (χ1v) is 28.2. The number of hydrogen-bond donors (Lipinski definition) is 0. The number of rotatable bonds is 13. The van der Waals surface area contributed by atoms with Gasteiger partial charge in [0.2, 0.25) is 0 Å². The van der Waals surface area contributed by atoms with Crippen molar-refractivity contribution in [2.75, 3.05) is 0 Å². The standard InChI is InChI=1S/C15H16.C12H17ClO.2C12H17FO.2C10H14/c1-12(2)13-8-10-15(11-9-13)14-6-4-3-5-7-14;1-8(2)10-5-6-12(11(13)7-10)14-9(3)4;1-8(2)11-6-5-10(7-12(11)13)14-9(3)4;1-8(2)10-5-6-12(11(13)7-10)14-9(3)4;2*1-8(2)10-6-4-9(3)5-7-10/h3-12H,1-2H3;3*5-9H,1-4H3;2*4-8H,1-3H3. The number of ether oxygens (including phenoxy) is 3. The van der Waals surface area contributed by atoms with E-state index >= 15 is 0 Å². The molecule has 0 radical (unpaired) electrons. The Morgan fingerprint density at radius 1 is 0.325 bits per heavy atom. The minimum atomic E-state index is -0.273. The van der Waals surface area contributed by atoms with E-state index in [-0.39, 0.29) is 35.9 Å². The Balaban J connectivity index is 0.000000318. The molecule has 0 fully saturated rings. The first-order valence-electron chi connectivity index (χ1n) is 27.8. The third-order valence-corrected chi connectivity index (χ3v) is 12.4. The molecule has 7 rings (SSSR count). The smallest absolute Gasteiger partial charge is 0.165 e. The molecule has 0 heterocycles. The van der Waals surface area contributed by atoms with E-state index in [0.717, 1.165) is 16.9 Å². The molecule has 0 unspecified atom stereocenters. The van der Waals surface area contributed by atoms with Crippen molar-refractivity contribution in [2.45, 2.75) is 192 Å². The molecule has 0 saturated heterocycles.